The predicted molar refractivity (Wildman–Crippen MR) is 287 cm³/mol. The van der Waals surface area contributed by atoms with E-state index in [-0.39, 0.29) is 5.41 Å². The summed E-state index contributed by atoms with van der Waals surface area (Å²) in [4.78, 5) is 0. The van der Waals surface area contributed by atoms with Gasteiger partial charge in [-0.25, -0.2) is 0 Å². The summed E-state index contributed by atoms with van der Waals surface area (Å²) in [5, 5.41) is 18.7. The Morgan fingerprint density at radius 1 is 0.338 bits per heavy atom. The van der Waals surface area contributed by atoms with E-state index in [1.807, 2.05) is 18.2 Å². The average Bonchev–Trinajstić information content (AvgIpc) is 3.86. The molecule has 2 aliphatic carbocycles. The highest BCUT2D eigenvalue weighted by Crippen LogP contribution is 2.60. The molecule has 0 saturated heterocycles. The third-order valence-electron chi connectivity index (χ3n) is 13.2. The first-order chi connectivity index (χ1) is 33.3. The average molecular weight is 983 g/mol. The third kappa shape index (κ3) is 7.93. The van der Waals surface area contributed by atoms with Crippen LogP contribution in [0.15, 0.2) is 259 Å². The molecule has 6 heteroatoms. The van der Waals surface area contributed by atoms with E-state index in [2.05, 4.69) is 228 Å². The Labute approximate surface area is 417 Å². The van der Waals surface area contributed by atoms with Gasteiger partial charge in [-0.3, -0.25) is 0 Å². The summed E-state index contributed by atoms with van der Waals surface area (Å²) in [5.74, 6) is 0. The lowest BCUT2D eigenvalue weighted by atomic mass is 9.67. The van der Waals surface area contributed by atoms with Crippen LogP contribution in [0.4, 0.5) is 0 Å². The molecule has 0 saturated carbocycles. The summed E-state index contributed by atoms with van der Waals surface area (Å²) in [5.41, 5.74) is 17.2. The Morgan fingerprint density at radius 3 is 1.12 bits per heavy atom. The molecule has 10 aromatic rings. The summed E-state index contributed by atoms with van der Waals surface area (Å²) < 4.78 is 1.11. The molecule has 0 heterocycles. The summed E-state index contributed by atoms with van der Waals surface area (Å²) >= 11 is 16.9. The van der Waals surface area contributed by atoms with Gasteiger partial charge in [-0.1, -0.05) is 264 Å². The van der Waals surface area contributed by atoms with Gasteiger partial charge in [0.15, 0.2) is 0 Å². The molecule has 0 atom stereocenters. The van der Waals surface area contributed by atoms with Gasteiger partial charge in [-0.15, -0.1) is 0 Å². The summed E-state index contributed by atoms with van der Waals surface area (Å²) in [6.45, 7) is 0. The predicted octanol–water partition coefficient (Wildman–Crippen LogP) is 15.2. The second-order valence-corrected chi connectivity index (χ2v) is 18.6. The van der Waals surface area contributed by atoms with E-state index in [9.17, 15) is 0 Å². The fourth-order valence-electron chi connectivity index (χ4n) is 10.5. The van der Waals surface area contributed by atoms with Crippen molar-refractivity contribution < 1.29 is 10.0 Å². The summed E-state index contributed by atoms with van der Waals surface area (Å²) in [6, 6.07) is 88.2. The van der Waals surface area contributed by atoms with Crippen LogP contribution in [-0.4, -0.2) is 17.2 Å². The Bertz CT molecular complexity index is 3260. The molecule has 0 spiro atoms. The topological polar surface area (TPSA) is 40.5 Å². The minimum Gasteiger partial charge on any atom is -0.423 e. The molecule has 328 valence electrons. The number of rotatable bonds is 6. The standard InChI is InChI=1S/C31H21Cl.C25H16BrCl.C6H7BO2/c32-25-19-20-27-29(21-25)31(23-13-6-2-7-14-23,24-15-8-3-9-16-24)28-18-10-17-26(30(27)28)22-11-4-1-5-12-22;26-23-13-7-12-21-24(23)20-15-14-19(27)16-22(20)25(21,17-8-3-1-4-9-17)18-10-5-2-6-11-18;8-7(9)6-4-2-1-3-5-6/h1-21H;1-16H;1-5,8-9H. The zero-order chi connectivity index (χ0) is 46.7. The number of hydrogen-bond acceptors (Lipinski definition) is 2. The van der Waals surface area contributed by atoms with Gasteiger partial charge in [0, 0.05) is 20.1 Å². The number of fused-ring (bicyclic) bond motifs is 6. The summed E-state index contributed by atoms with van der Waals surface area (Å²) in [6.07, 6.45) is 0. The van der Waals surface area contributed by atoms with E-state index in [1.54, 1.807) is 24.3 Å². The van der Waals surface area contributed by atoms with Gasteiger partial charge in [-0.05, 0) is 108 Å². The normalized spacial score (nSPS) is 13.0. The fraction of sp³-hybridized carbons (Fsp3) is 0.0323. The van der Waals surface area contributed by atoms with Crippen LogP contribution < -0.4 is 5.46 Å². The van der Waals surface area contributed by atoms with Crippen molar-refractivity contribution in [3.8, 4) is 33.4 Å². The summed E-state index contributed by atoms with van der Waals surface area (Å²) in [7, 11) is -1.34. The van der Waals surface area contributed by atoms with Crippen LogP contribution in [-0.2, 0) is 10.8 Å². The molecule has 0 unspecified atom stereocenters. The second kappa shape index (κ2) is 19.5. The maximum absolute atomic E-state index is 8.58. The SMILES string of the molecule is Clc1ccc2c(c1)C(c1ccccc1)(c1ccccc1)c1cccc(-c3ccccc3)c1-2.Clc1ccc2c(c1)C(c1ccccc1)(c1ccccc1)c1cccc(Br)c1-2.OB(O)c1ccccc1. The van der Waals surface area contributed by atoms with Gasteiger partial charge >= 0.3 is 7.12 Å². The Morgan fingerprint density at radius 2 is 0.706 bits per heavy atom. The highest BCUT2D eigenvalue weighted by atomic mass is 79.9. The van der Waals surface area contributed by atoms with Gasteiger partial charge < -0.3 is 10.0 Å². The van der Waals surface area contributed by atoms with Crippen molar-refractivity contribution in [2.45, 2.75) is 10.8 Å². The molecule has 0 radical (unpaired) electrons. The first-order valence-electron chi connectivity index (χ1n) is 22.6. The molecule has 2 N–H and O–H groups in total. The molecule has 2 aliphatic rings. The quantitative estimate of drug-likeness (QED) is 0.163. The number of benzene rings is 10. The molecule has 10 aromatic carbocycles. The van der Waals surface area contributed by atoms with Gasteiger partial charge in [0.05, 0.1) is 10.8 Å². The van der Waals surface area contributed by atoms with Crippen LogP contribution in [0, 0.1) is 0 Å². The van der Waals surface area contributed by atoms with Crippen LogP contribution in [0.25, 0.3) is 33.4 Å². The van der Waals surface area contributed by atoms with Crippen molar-refractivity contribution in [1.29, 1.82) is 0 Å². The molecule has 0 aliphatic heterocycles. The van der Waals surface area contributed by atoms with Gasteiger partial charge in [0.2, 0.25) is 0 Å². The van der Waals surface area contributed by atoms with Crippen molar-refractivity contribution >= 4 is 51.7 Å². The van der Waals surface area contributed by atoms with E-state index in [4.69, 9.17) is 33.2 Å². The second-order valence-electron chi connectivity index (χ2n) is 16.9. The van der Waals surface area contributed by atoms with Crippen molar-refractivity contribution in [1.82, 2.24) is 0 Å². The molecular weight excluding hydrogens is 938 g/mol. The molecule has 0 aromatic heterocycles. The third-order valence-corrected chi connectivity index (χ3v) is 14.3. The van der Waals surface area contributed by atoms with E-state index < -0.39 is 12.5 Å². The van der Waals surface area contributed by atoms with E-state index in [0.29, 0.717) is 5.46 Å². The lowest BCUT2D eigenvalue weighted by Crippen LogP contribution is -2.29. The molecule has 0 fully saturated rings. The number of hydrogen-bond donors (Lipinski definition) is 2. The first kappa shape index (κ1) is 45.0. The monoisotopic (exact) mass is 980 g/mol. The Kier molecular flexibility index (Phi) is 12.9. The highest BCUT2D eigenvalue weighted by molar-refractivity contribution is 9.10. The minimum absolute atomic E-state index is 0.387. The largest absolute Gasteiger partial charge is 0.488 e. The zero-order valence-corrected chi connectivity index (χ0v) is 40.0. The maximum Gasteiger partial charge on any atom is 0.488 e. The van der Waals surface area contributed by atoms with Gasteiger partial charge in [-0.2, -0.15) is 0 Å². The van der Waals surface area contributed by atoms with Gasteiger partial charge in [0.1, 0.15) is 0 Å². The van der Waals surface area contributed by atoms with E-state index in [1.165, 1.54) is 77.9 Å². The first-order valence-corrected chi connectivity index (χ1v) is 24.1. The van der Waals surface area contributed by atoms with Crippen LogP contribution in [0.1, 0.15) is 44.5 Å². The van der Waals surface area contributed by atoms with Crippen LogP contribution in [0.2, 0.25) is 10.0 Å². The molecular formula is C62H44BBrCl2O2. The lowest BCUT2D eigenvalue weighted by molar-refractivity contribution is 0.426. The zero-order valence-electron chi connectivity index (χ0n) is 36.9. The highest BCUT2D eigenvalue weighted by Gasteiger charge is 2.48. The number of halogens is 3. The Hall–Kier alpha value is -6.76. The van der Waals surface area contributed by atoms with Crippen LogP contribution in [0.5, 0.6) is 0 Å². The lowest BCUT2D eigenvalue weighted by Gasteiger charge is -2.34. The molecule has 68 heavy (non-hydrogen) atoms. The van der Waals surface area contributed by atoms with Crippen molar-refractivity contribution in [2.75, 3.05) is 0 Å². The molecule has 12 rings (SSSR count). The Balaban J connectivity index is 0.000000136. The van der Waals surface area contributed by atoms with E-state index in [0.717, 1.165) is 14.5 Å². The fourth-order valence-corrected chi connectivity index (χ4v) is 11.4. The van der Waals surface area contributed by atoms with Crippen LogP contribution >= 0.6 is 39.1 Å². The van der Waals surface area contributed by atoms with E-state index >= 15 is 0 Å². The maximum atomic E-state index is 8.58. The minimum atomic E-state index is -1.34. The molecule has 0 amide bonds. The smallest absolute Gasteiger partial charge is 0.423 e. The molecule has 2 nitrogen and oxygen atoms in total. The van der Waals surface area contributed by atoms with Crippen LogP contribution in [0.3, 0.4) is 0 Å². The van der Waals surface area contributed by atoms with Gasteiger partial charge in [0.25, 0.3) is 0 Å². The molecule has 0 bridgehead atoms. The van der Waals surface area contributed by atoms with Crippen molar-refractivity contribution in [3.05, 3.63) is 314 Å². The van der Waals surface area contributed by atoms with Crippen molar-refractivity contribution in [2.24, 2.45) is 0 Å². The van der Waals surface area contributed by atoms with Crippen molar-refractivity contribution in [3.63, 3.8) is 0 Å².